The van der Waals surface area contributed by atoms with Crippen molar-refractivity contribution < 1.29 is 10.1 Å². The highest BCUT2D eigenvalue weighted by Crippen LogP contribution is 2.19. The molecule has 7 nitrogen and oxygen atoms in total. The number of nitrogens with one attached hydrogen (secondary N) is 1. The summed E-state index contributed by atoms with van der Waals surface area (Å²) in [5.74, 6) is 0.287. The average molecular weight is 196 g/mol. The number of aryl methyl sites for hydroxylation is 1. The number of hydroxylamine groups is 1. The molecule has 0 aliphatic rings. The zero-order valence-corrected chi connectivity index (χ0v) is 7.34. The zero-order valence-electron chi connectivity index (χ0n) is 7.34. The van der Waals surface area contributed by atoms with Gasteiger partial charge in [-0.05, 0) is 13.0 Å². The van der Waals surface area contributed by atoms with Crippen molar-refractivity contribution in [1.29, 1.82) is 0 Å². The Morgan fingerprint density at radius 1 is 1.79 bits per heavy atom. The maximum Gasteiger partial charge on any atom is 0.290 e. The molecule has 0 saturated heterocycles. The molecule has 0 unspecified atom stereocenters. The van der Waals surface area contributed by atoms with Crippen molar-refractivity contribution in [3.63, 3.8) is 0 Å². The minimum absolute atomic E-state index is 0.0547. The smallest absolute Gasteiger partial charge is 0.290 e. The van der Waals surface area contributed by atoms with E-state index < -0.39 is 4.92 Å². The molecule has 1 rings (SSSR count). The number of nitro groups is 1. The summed E-state index contributed by atoms with van der Waals surface area (Å²) in [7, 11) is 0. The molecule has 0 aromatic carbocycles. The minimum atomic E-state index is -0.514. The van der Waals surface area contributed by atoms with Crippen molar-refractivity contribution in [2.24, 2.45) is 4.99 Å². The second-order valence-electron chi connectivity index (χ2n) is 2.47. The number of nitrogens with zero attached hydrogens (tertiary/aromatic N) is 3. The fourth-order valence-electron chi connectivity index (χ4n) is 0.891. The molecule has 0 bridgehead atoms. The van der Waals surface area contributed by atoms with Gasteiger partial charge in [-0.2, -0.15) is 0 Å². The number of aromatic nitrogens is 1. The van der Waals surface area contributed by atoms with E-state index in [1.807, 2.05) is 0 Å². The van der Waals surface area contributed by atoms with Crippen LogP contribution in [0.15, 0.2) is 17.3 Å². The van der Waals surface area contributed by atoms with Crippen LogP contribution in [-0.2, 0) is 0 Å². The first-order valence-corrected chi connectivity index (χ1v) is 3.68. The van der Waals surface area contributed by atoms with Gasteiger partial charge in [0.05, 0.1) is 4.92 Å². The summed E-state index contributed by atoms with van der Waals surface area (Å²) in [6.45, 7) is 1.59. The highest BCUT2D eigenvalue weighted by molar-refractivity contribution is 5.58. The Balaban J connectivity index is 3.00. The monoisotopic (exact) mass is 196 g/mol. The molecule has 7 heteroatoms. The van der Waals surface area contributed by atoms with Crippen molar-refractivity contribution >= 4 is 17.8 Å². The third kappa shape index (κ3) is 2.23. The molecule has 2 N–H and O–H groups in total. The second kappa shape index (κ2) is 4.28. The van der Waals surface area contributed by atoms with Crippen LogP contribution in [-0.4, -0.2) is 21.5 Å². The fourth-order valence-corrected chi connectivity index (χ4v) is 0.891. The highest BCUT2D eigenvalue weighted by Gasteiger charge is 2.10. The van der Waals surface area contributed by atoms with Gasteiger partial charge in [0.1, 0.15) is 12.5 Å². The van der Waals surface area contributed by atoms with Crippen LogP contribution in [0.3, 0.4) is 0 Å². The van der Waals surface area contributed by atoms with Crippen molar-refractivity contribution in [3.8, 4) is 0 Å². The summed E-state index contributed by atoms with van der Waals surface area (Å²) < 4.78 is 0. The van der Waals surface area contributed by atoms with Gasteiger partial charge in [0.25, 0.3) is 5.69 Å². The first kappa shape index (κ1) is 10.1. The lowest BCUT2D eigenvalue weighted by molar-refractivity contribution is -0.385. The van der Waals surface area contributed by atoms with Crippen LogP contribution in [0.1, 0.15) is 5.56 Å². The lowest BCUT2D eigenvalue weighted by Gasteiger charge is -1.96. The van der Waals surface area contributed by atoms with Crippen molar-refractivity contribution in [1.82, 2.24) is 10.5 Å². The van der Waals surface area contributed by atoms with E-state index in [-0.39, 0.29) is 11.5 Å². The van der Waals surface area contributed by atoms with Crippen LogP contribution < -0.4 is 5.48 Å². The fraction of sp³-hybridized carbons (Fsp3) is 0.143. The van der Waals surface area contributed by atoms with E-state index in [1.165, 1.54) is 6.07 Å². The molecule has 1 heterocycles. The first-order valence-electron chi connectivity index (χ1n) is 3.68. The molecule has 0 amide bonds. The van der Waals surface area contributed by atoms with E-state index in [4.69, 9.17) is 5.21 Å². The summed E-state index contributed by atoms with van der Waals surface area (Å²) in [5.41, 5.74) is 2.12. The first-order chi connectivity index (χ1) is 6.65. The Bertz CT molecular complexity index is 377. The Hall–Kier alpha value is -2.02. The second-order valence-corrected chi connectivity index (χ2v) is 2.47. The molecule has 0 atom stereocenters. The molecule has 0 aliphatic heterocycles. The summed E-state index contributed by atoms with van der Waals surface area (Å²) in [4.78, 5) is 17.3. The van der Waals surface area contributed by atoms with Crippen LogP contribution in [0.2, 0.25) is 0 Å². The maximum atomic E-state index is 10.4. The normalized spacial score (nSPS) is 10.4. The van der Waals surface area contributed by atoms with Gasteiger partial charge in [-0.25, -0.2) is 9.98 Å². The molecule has 0 saturated carbocycles. The van der Waals surface area contributed by atoms with Gasteiger partial charge in [0.2, 0.25) is 0 Å². The molecule has 0 aliphatic carbocycles. The number of rotatable bonds is 3. The molecule has 1 aromatic rings. The van der Waals surface area contributed by atoms with Gasteiger partial charge >= 0.3 is 0 Å². The average Bonchev–Trinajstić information content (AvgIpc) is 2.14. The van der Waals surface area contributed by atoms with Gasteiger partial charge in [0.15, 0.2) is 5.82 Å². The van der Waals surface area contributed by atoms with Crippen molar-refractivity contribution in [3.05, 3.63) is 27.9 Å². The molecular formula is C7H8N4O3. The summed E-state index contributed by atoms with van der Waals surface area (Å²) in [6.07, 6.45) is 2.15. The number of aliphatic imine (C=N–C) groups is 1. The molecule has 74 valence electrons. The van der Waals surface area contributed by atoms with Gasteiger partial charge in [-0.15, -0.1) is 0 Å². The summed E-state index contributed by atoms with van der Waals surface area (Å²) >= 11 is 0. The van der Waals surface area contributed by atoms with Gasteiger partial charge < -0.3 is 0 Å². The number of hydrogen-bond acceptors (Lipinski definition) is 5. The zero-order chi connectivity index (χ0) is 10.6. The van der Waals surface area contributed by atoms with E-state index in [9.17, 15) is 10.1 Å². The predicted molar refractivity (Wildman–Crippen MR) is 48.7 cm³/mol. The van der Waals surface area contributed by atoms with Crippen LogP contribution in [0, 0.1) is 17.0 Å². The minimum Gasteiger partial charge on any atom is -0.290 e. The molecule has 0 spiro atoms. The van der Waals surface area contributed by atoms with E-state index in [0.717, 1.165) is 12.5 Å². The molecule has 0 radical (unpaired) electrons. The largest absolute Gasteiger partial charge is 0.290 e. The van der Waals surface area contributed by atoms with Gasteiger partial charge in [-0.3, -0.25) is 20.8 Å². The lowest BCUT2D eigenvalue weighted by atomic mass is 10.2. The van der Waals surface area contributed by atoms with Crippen LogP contribution in [0.4, 0.5) is 11.5 Å². The van der Waals surface area contributed by atoms with Crippen LogP contribution >= 0.6 is 0 Å². The third-order valence-corrected chi connectivity index (χ3v) is 1.52. The Labute approximate surface area is 79.2 Å². The molecule has 0 fully saturated rings. The summed E-state index contributed by atoms with van der Waals surface area (Å²) in [5, 5.41) is 18.6. The Kier molecular flexibility index (Phi) is 3.08. The molecular weight excluding hydrogens is 188 g/mol. The van der Waals surface area contributed by atoms with E-state index in [2.05, 4.69) is 9.98 Å². The quantitative estimate of drug-likeness (QED) is 0.324. The van der Waals surface area contributed by atoms with Crippen molar-refractivity contribution in [2.45, 2.75) is 6.92 Å². The van der Waals surface area contributed by atoms with Crippen molar-refractivity contribution in [2.75, 3.05) is 0 Å². The number of pyridine rings is 1. The van der Waals surface area contributed by atoms with Crippen LogP contribution in [0.5, 0.6) is 0 Å². The standard InChI is InChI=1S/C7H8N4O3/c1-5-2-7(9-4-10-12)8-3-6(5)11(13)14/h2-4,12H,1H3,(H,8,9,10). The van der Waals surface area contributed by atoms with E-state index in [1.54, 1.807) is 12.4 Å². The Morgan fingerprint density at radius 3 is 3.00 bits per heavy atom. The molecule has 1 aromatic heterocycles. The number of hydrogen-bond donors (Lipinski definition) is 2. The van der Waals surface area contributed by atoms with Gasteiger partial charge in [0, 0.05) is 5.56 Å². The maximum absolute atomic E-state index is 10.4. The summed E-state index contributed by atoms with van der Waals surface area (Å²) in [6, 6.07) is 1.45. The topological polar surface area (TPSA) is 101 Å². The third-order valence-electron chi connectivity index (χ3n) is 1.52. The highest BCUT2D eigenvalue weighted by atomic mass is 16.6. The van der Waals surface area contributed by atoms with E-state index >= 15 is 0 Å². The lowest BCUT2D eigenvalue weighted by Crippen LogP contribution is -2.01. The van der Waals surface area contributed by atoms with Crippen LogP contribution in [0.25, 0.3) is 0 Å². The molecule has 14 heavy (non-hydrogen) atoms. The van der Waals surface area contributed by atoms with E-state index in [0.29, 0.717) is 5.56 Å². The van der Waals surface area contributed by atoms with Gasteiger partial charge in [-0.1, -0.05) is 0 Å². The predicted octanol–water partition coefficient (Wildman–Crippen LogP) is 0.937. The Morgan fingerprint density at radius 2 is 2.50 bits per heavy atom. The SMILES string of the molecule is Cc1cc(/N=C/NO)ncc1[N+](=O)[O-].